The van der Waals surface area contributed by atoms with Gasteiger partial charge in [0.1, 0.15) is 5.82 Å². The van der Waals surface area contributed by atoms with Crippen LogP contribution in [-0.4, -0.2) is 48.4 Å². The van der Waals surface area contributed by atoms with E-state index in [9.17, 15) is 0 Å². The molecule has 0 aliphatic carbocycles. The number of aromatic nitrogens is 2. The van der Waals surface area contributed by atoms with Gasteiger partial charge in [0.15, 0.2) is 5.96 Å². The molecule has 0 bridgehead atoms. The summed E-state index contributed by atoms with van der Waals surface area (Å²) >= 11 is 0. The maximum absolute atomic E-state index is 5.61. The molecule has 0 aliphatic rings. The highest BCUT2D eigenvalue weighted by molar-refractivity contribution is 14.0. The van der Waals surface area contributed by atoms with Crippen molar-refractivity contribution in [3.8, 4) is 0 Å². The number of nitrogens with one attached hydrogen (secondary N) is 2. The van der Waals surface area contributed by atoms with E-state index in [-0.39, 0.29) is 24.0 Å². The van der Waals surface area contributed by atoms with Crippen molar-refractivity contribution in [3.63, 3.8) is 0 Å². The van der Waals surface area contributed by atoms with E-state index >= 15 is 0 Å². The van der Waals surface area contributed by atoms with Crippen molar-refractivity contribution in [3.05, 3.63) is 18.2 Å². The van der Waals surface area contributed by atoms with Crippen molar-refractivity contribution in [2.24, 2.45) is 10.9 Å². The minimum Gasteiger partial charge on any atom is -0.380 e. The van der Waals surface area contributed by atoms with Crippen LogP contribution in [-0.2, 0) is 11.3 Å². The number of guanidine groups is 1. The Kier molecular flexibility index (Phi) is 14.9. The number of unbranched alkanes of at least 4 members (excludes halogenated alkanes) is 1. The third-order valence-corrected chi connectivity index (χ3v) is 3.72. The van der Waals surface area contributed by atoms with E-state index < -0.39 is 0 Å². The van der Waals surface area contributed by atoms with E-state index in [2.05, 4.69) is 45.9 Å². The predicted octanol–water partition coefficient (Wildman–Crippen LogP) is 3.21. The van der Waals surface area contributed by atoms with Crippen LogP contribution in [0.4, 0.5) is 0 Å². The Balaban J connectivity index is 0.00000576. The summed E-state index contributed by atoms with van der Waals surface area (Å²) in [4.78, 5) is 8.85. The highest BCUT2D eigenvalue weighted by Crippen LogP contribution is 2.00. The molecule has 0 aromatic carbocycles. The zero-order valence-electron chi connectivity index (χ0n) is 16.3. The molecule has 1 heterocycles. The van der Waals surface area contributed by atoms with Crippen LogP contribution in [0.15, 0.2) is 17.4 Å². The largest absolute Gasteiger partial charge is 0.380 e. The third kappa shape index (κ3) is 12.2. The van der Waals surface area contributed by atoms with Crippen molar-refractivity contribution in [2.75, 3.05) is 32.8 Å². The molecule has 1 rings (SSSR count). The fourth-order valence-electron chi connectivity index (χ4n) is 2.23. The van der Waals surface area contributed by atoms with Gasteiger partial charge in [-0.2, -0.15) is 0 Å². The van der Waals surface area contributed by atoms with Crippen LogP contribution in [0, 0.1) is 12.8 Å². The Bertz CT molecular complexity index is 462. The molecule has 0 spiro atoms. The second-order valence-corrected chi connectivity index (χ2v) is 6.36. The Morgan fingerprint density at radius 1 is 1.28 bits per heavy atom. The van der Waals surface area contributed by atoms with Gasteiger partial charge in [0.2, 0.25) is 0 Å². The summed E-state index contributed by atoms with van der Waals surface area (Å²) in [7, 11) is 0. The summed E-state index contributed by atoms with van der Waals surface area (Å²) in [6.45, 7) is 13.6. The number of rotatable bonds is 12. The van der Waals surface area contributed by atoms with Crippen LogP contribution < -0.4 is 10.6 Å². The fraction of sp³-hybridized carbons (Fsp3) is 0.778. The lowest BCUT2D eigenvalue weighted by atomic mass is 10.1. The number of hydrogen-bond donors (Lipinski definition) is 2. The monoisotopic (exact) mass is 465 g/mol. The Hall–Kier alpha value is -0.830. The first-order chi connectivity index (χ1) is 11.6. The van der Waals surface area contributed by atoms with Crippen molar-refractivity contribution in [1.82, 2.24) is 20.2 Å². The van der Waals surface area contributed by atoms with E-state index in [1.807, 2.05) is 19.3 Å². The molecule has 7 heteroatoms. The van der Waals surface area contributed by atoms with Crippen LogP contribution in [0.3, 0.4) is 0 Å². The van der Waals surface area contributed by atoms with Crippen molar-refractivity contribution < 1.29 is 4.74 Å². The SMILES string of the molecule is CCNC(=NCCCCn1ccnc1C)NCCOCCC(C)C.I. The highest BCUT2D eigenvalue weighted by Gasteiger charge is 1.99. The summed E-state index contributed by atoms with van der Waals surface area (Å²) in [5.41, 5.74) is 0. The molecule has 0 saturated heterocycles. The lowest BCUT2D eigenvalue weighted by Crippen LogP contribution is -2.39. The van der Waals surface area contributed by atoms with Crippen LogP contribution in [0.5, 0.6) is 0 Å². The van der Waals surface area contributed by atoms with Gasteiger partial charge in [-0.3, -0.25) is 4.99 Å². The van der Waals surface area contributed by atoms with Gasteiger partial charge in [0.05, 0.1) is 6.61 Å². The standard InChI is InChI=1S/C18H35N5O.HI/c1-5-19-18(22-11-15-24-14-8-16(2)3)21-9-6-7-12-23-13-10-20-17(23)4;/h10,13,16H,5-9,11-12,14-15H2,1-4H3,(H2,19,21,22);1H. The lowest BCUT2D eigenvalue weighted by Gasteiger charge is -2.12. The van der Waals surface area contributed by atoms with Gasteiger partial charge in [0, 0.05) is 45.2 Å². The van der Waals surface area contributed by atoms with Crippen LogP contribution in [0.2, 0.25) is 0 Å². The quantitative estimate of drug-likeness (QED) is 0.215. The van der Waals surface area contributed by atoms with Crippen molar-refractivity contribution in [1.29, 1.82) is 0 Å². The second kappa shape index (κ2) is 15.4. The van der Waals surface area contributed by atoms with Gasteiger partial charge < -0.3 is 19.9 Å². The first-order valence-corrected chi connectivity index (χ1v) is 9.21. The molecule has 2 N–H and O–H groups in total. The molecule has 0 atom stereocenters. The topological polar surface area (TPSA) is 63.5 Å². The van der Waals surface area contributed by atoms with E-state index in [4.69, 9.17) is 4.74 Å². The van der Waals surface area contributed by atoms with Crippen LogP contribution >= 0.6 is 24.0 Å². The highest BCUT2D eigenvalue weighted by atomic mass is 127. The van der Waals surface area contributed by atoms with Gasteiger partial charge >= 0.3 is 0 Å². The normalized spacial score (nSPS) is 11.5. The minimum atomic E-state index is 0. The maximum Gasteiger partial charge on any atom is 0.191 e. The zero-order valence-corrected chi connectivity index (χ0v) is 18.6. The van der Waals surface area contributed by atoms with E-state index in [0.717, 1.165) is 70.4 Å². The summed E-state index contributed by atoms with van der Waals surface area (Å²) in [6, 6.07) is 0. The van der Waals surface area contributed by atoms with Gasteiger partial charge in [0.25, 0.3) is 0 Å². The first-order valence-electron chi connectivity index (χ1n) is 9.21. The number of ether oxygens (including phenoxy) is 1. The first kappa shape index (κ1) is 24.2. The molecule has 0 amide bonds. The third-order valence-electron chi connectivity index (χ3n) is 3.72. The number of aliphatic imine (C=N–C) groups is 1. The molecule has 1 aromatic heterocycles. The Labute approximate surface area is 170 Å². The number of halogens is 1. The second-order valence-electron chi connectivity index (χ2n) is 6.36. The van der Waals surface area contributed by atoms with E-state index in [1.54, 1.807) is 0 Å². The van der Waals surface area contributed by atoms with Crippen molar-refractivity contribution in [2.45, 2.75) is 53.5 Å². The summed E-state index contributed by atoms with van der Waals surface area (Å²) < 4.78 is 7.80. The lowest BCUT2D eigenvalue weighted by molar-refractivity contribution is 0.128. The van der Waals surface area contributed by atoms with Gasteiger partial charge in [-0.1, -0.05) is 13.8 Å². The van der Waals surface area contributed by atoms with E-state index in [1.165, 1.54) is 0 Å². The van der Waals surface area contributed by atoms with Crippen molar-refractivity contribution >= 4 is 29.9 Å². The average molecular weight is 465 g/mol. The predicted molar refractivity (Wildman–Crippen MR) is 116 cm³/mol. The molecule has 0 radical (unpaired) electrons. The van der Waals surface area contributed by atoms with Gasteiger partial charge in [-0.05, 0) is 39.0 Å². The molecule has 0 fully saturated rings. The molecule has 25 heavy (non-hydrogen) atoms. The molecule has 1 aromatic rings. The number of imidazole rings is 1. The molecule has 0 saturated carbocycles. The molecule has 6 nitrogen and oxygen atoms in total. The fourth-order valence-corrected chi connectivity index (χ4v) is 2.23. The Morgan fingerprint density at radius 3 is 2.72 bits per heavy atom. The number of aryl methyl sites for hydroxylation is 2. The molecule has 146 valence electrons. The average Bonchev–Trinajstić information content (AvgIpc) is 2.95. The Morgan fingerprint density at radius 2 is 2.08 bits per heavy atom. The number of nitrogens with zero attached hydrogens (tertiary/aromatic N) is 3. The molecule has 0 aliphatic heterocycles. The molecular formula is C18H36IN5O. The van der Waals surface area contributed by atoms with Crippen LogP contribution in [0.25, 0.3) is 0 Å². The van der Waals surface area contributed by atoms with Gasteiger partial charge in [-0.15, -0.1) is 24.0 Å². The molecule has 0 unspecified atom stereocenters. The smallest absolute Gasteiger partial charge is 0.191 e. The zero-order chi connectivity index (χ0) is 17.6. The minimum absolute atomic E-state index is 0. The van der Waals surface area contributed by atoms with E-state index in [0.29, 0.717) is 5.92 Å². The maximum atomic E-state index is 5.61. The van der Waals surface area contributed by atoms with Crippen LogP contribution in [0.1, 0.15) is 45.9 Å². The summed E-state index contributed by atoms with van der Waals surface area (Å²) in [6.07, 6.45) is 7.18. The summed E-state index contributed by atoms with van der Waals surface area (Å²) in [5.74, 6) is 2.65. The summed E-state index contributed by atoms with van der Waals surface area (Å²) in [5, 5.41) is 6.59. The molecular weight excluding hydrogens is 429 g/mol. The number of hydrogen-bond acceptors (Lipinski definition) is 3. The van der Waals surface area contributed by atoms with Gasteiger partial charge in [-0.25, -0.2) is 4.98 Å².